The minimum atomic E-state index is 0.0405. The smallest absolute Gasteiger partial charge is 0.253 e. The molecule has 0 aliphatic carbocycles. The molecule has 2 N–H and O–H groups in total. The zero-order valence-corrected chi connectivity index (χ0v) is 18.4. The number of fused-ring (bicyclic) bond motifs is 2. The van der Waals surface area contributed by atoms with Gasteiger partial charge in [0.05, 0.1) is 16.7 Å². The number of amides is 1. The molecule has 6 heteroatoms. The highest BCUT2D eigenvalue weighted by Gasteiger charge is 2.27. The molecule has 1 aliphatic heterocycles. The number of carbonyl (C=O) groups is 1. The average molecular weight is 416 g/mol. The van der Waals surface area contributed by atoms with E-state index in [1.165, 1.54) is 10.9 Å². The SMILES string of the molecule is CCn1c(-c2nc3cc(C(=O)N4C[C@H](C)C[C@H](N)C4)ccc3n2C)cc2ccccc21. The van der Waals surface area contributed by atoms with Crippen LogP contribution in [0.2, 0.25) is 0 Å². The van der Waals surface area contributed by atoms with E-state index in [4.69, 9.17) is 10.7 Å². The molecular formula is C25H29N5O. The summed E-state index contributed by atoms with van der Waals surface area (Å²) >= 11 is 0. The van der Waals surface area contributed by atoms with Gasteiger partial charge >= 0.3 is 0 Å². The fourth-order valence-electron chi connectivity index (χ4n) is 5.05. The standard InChI is InChI=1S/C25H29N5O/c1-4-30-21-8-6-5-7-17(21)13-23(30)24-27-20-12-18(9-10-22(20)28(24)3)25(31)29-14-16(2)11-19(26)15-29/h5-10,12-13,16,19H,4,11,14-15,26H2,1-3H3/t16-,19+/m1/s1. The van der Waals surface area contributed by atoms with Gasteiger partial charge in [0, 0.05) is 49.2 Å². The fraction of sp³-hybridized carbons (Fsp3) is 0.360. The molecule has 1 amide bonds. The number of carbonyl (C=O) groups excluding carboxylic acids is 1. The van der Waals surface area contributed by atoms with E-state index in [2.05, 4.69) is 53.3 Å². The van der Waals surface area contributed by atoms with Gasteiger partial charge in [-0.1, -0.05) is 25.1 Å². The molecular weight excluding hydrogens is 386 g/mol. The molecule has 2 aromatic heterocycles. The second-order valence-corrected chi connectivity index (χ2v) is 8.84. The third-order valence-corrected chi connectivity index (χ3v) is 6.46. The van der Waals surface area contributed by atoms with Crippen LogP contribution in [0.15, 0.2) is 48.5 Å². The molecule has 0 bridgehead atoms. The molecule has 3 heterocycles. The number of aromatic nitrogens is 3. The number of aryl methyl sites for hydroxylation is 2. The lowest BCUT2D eigenvalue weighted by molar-refractivity contribution is 0.0661. The first-order valence-electron chi connectivity index (χ1n) is 11.1. The third-order valence-electron chi connectivity index (χ3n) is 6.46. The van der Waals surface area contributed by atoms with Crippen molar-refractivity contribution in [2.75, 3.05) is 13.1 Å². The molecule has 0 spiro atoms. The molecule has 2 atom stereocenters. The van der Waals surface area contributed by atoms with E-state index in [-0.39, 0.29) is 11.9 Å². The summed E-state index contributed by atoms with van der Waals surface area (Å²) in [5.74, 6) is 1.37. The number of piperidine rings is 1. The van der Waals surface area contributed by atoms with Crippen molar-refractivity contribution in [1.82, 2.24) is 19.0 Å². The Balaban J connectivity index is 1.56. The Morgan fingerprint density at radius 3 is 2.71 bits per heavy atom. The molecule has 1 fully saturated rings. The number of rotatable bonds is 3. The number of para-hydroxylation sites is 1. The predicted octanol–water partition coefficient (Wildman–Crippen LogP) is 4.02. The first-order valence-corrected chi connectivity index (χ1v) is 11.1. The van der Waals surface area contributed by atoms with Gasteiger partial charge in [0.1, 0.15) is 0 Å². The van der Waals surface area contributed by atoms with E-state index in [1.54, 1.807) is 0 Å². The van der Waals surface area contributed by atoms with Crippen molar-refractivity contribution in [2.45, 2.75) is 32.9 Å². The lowest BCUT2D eigenvalue weighted by Gasteiger charge is -2.34. The maximum absolute atomic E-state index is 13.1. The normalized spacial score (nSPS) is 19.4. The number of benzene rings is 2. The van der Waals surface area contributed by atoms with Gasteiger partial charge < -0.3 is 19.8 Å². The number of likely N-dealkylation sites (tertiary alicyclic amines) is 1. The minimum Gasteiger partial charge on any atom is -0.338 e. The van der Waals surface area contributed by atoms with Crippen molar-refractivity contribution in [3.8, 4) is 11.5 Å². The van der Waals surface area contributed by atoms with E-state index in [0.29, 0.717) is 18.0 Å². The molecule has 31 heavy (non-hydrogen) atoms. The van der Waals surface area contributed by atoms with Crippen molar-refractivity contribution >= 4 is 27.8 Å². The molecule has 4 aromatic rings. The second-order valence-electron chi connectivity index (χ2n) is 8.84. The van der Waals surface area contributed by atoms with E-state index >= 15 is 0 Å². The summed E-state index contributed by atoms with van der Waals surface area (Å²) in [6, 6.07) is 16.5. The van der Waals surface area contributed by atoms with Gasteiger partial charge in [-0.05, 0) is 49.6 Å². The van der Waals surface area contributed by atoms with Gasteiger partial charge in [0.2, 0.25) is 0 Å². The Morgan fingerprint density at radius 1 is 1.13 bits per heavy atom. The van der Waals surface area contributed by atoms with E-state index in [9.17, 15) is 4.79 Å². The van der Waals surface area contributed by atoms with Gasteiger partial charge in [0.25, 0.3) is 5.91 Å². The van der Waals surface area contributed by atoms with E-state index < -0.39 is 0 Å². The minimum absolute atomic E-state index is 0.0405. The average Bonchev–Trinajstić information content (AvgIpc) is 3.29. The lowest BCUT2D eigenvalue weighted by atomic mass is 9.96. The van der Waals surface area contributed by atoms with Crippen LogP contribution in [0.3, 0.4) is 0 Å². The molecule has 0 saturated carbocycles. The van der Waals surface area contributed by atoms with Crippen molar-refractivity contribution < 1.29 is 4.79 Å². The third kappa shape index (κ3) is 3.31. The highest BCUT2D eigenvalue weighted by Crippen LogP contribution is 2.30. The van der Waals surface area contributed by atoms with Crippen LogP contribution in [0.4, 0.5) is 0 Å². The number of nitrogens with two attached hydrogens (primary N) is 1. The van der Waals surface area contributed by atoms with Crippen LogP contribution >= 0.6 is 0 Å². The largest absolute Gasteiger partial charge is 0.338 e. The van der Waals surface area contributed by atoms with Crippen LogP contribution in [-0.2, 0) is 13.6 Å². The molecule has 1 saturated heterocycles. The van der Waals surface area contributed by atoms with Crippen LogP contribution in [0.25, 0.3) is 33.5 Å². The molecule has 2 aromatic carbocycles. The second kappa shape index (κ2) is 7.54. The molecule has 0 unspecified atom stereocenters. The summed E-state index contributed by atoms with van der Waals surface area (Å²) in [5.41, 5.74) is 11.0. The summed E-state index contributed by atoms with van der Waals surface area (Å²) in [6.07, 6.45) is 0.970. The number of hydrogen-bond acceptors (Lipinski definition) is 3. The zero-order chi connectivity index (χ0) is 21.7. The monoisotopic (exact) mass is 415 g/mol. The Bertz CT molecular complexity index is 1270. The molecule has 0 radical (unpaired) electrons. The van der Waals surface area contributed by atoms with Crippen LogP contribution in [0.5, 0.6) is 0 Å². The summed E-state index contributed by atoms with van der Waals surface area (Å²) in [6.45, 7) is 6.54. The molecule has 160 valence electrons. The Hall–Kier alpha value is -3.12. The first kappa shape index (κ1) is 19.8. The van der Waals surface area contributed by atoms with Crippen LogP contribution in [-0.4, -0.2) is 44.1 Å². The molecule has 5 rings (SSSR count). The number of hydrogen-bond donors (Lipinski definition) is 1. The summed E-state index contributed by atoms with van der Waals surface area (Å²) in [7, 11) is 2.04. The Kier molecular flexibility index (Phi) is 4.82. The number of nitrogens with zero attached hydrogens (tertiary/aromatic N) is 4. The zero-order valence-electron chi connectivity index (χ0n) is 18.4. The Morgan fingerprint density at radius 2 is 1.94 bits per heavy atom. The quantitative estimate of drug-likeness (QED) is 0.549. The van der Waals surface area contributed by atoms with Crippen LogP contribution in [0, 0.1) is 5.92 Å². The van der Waals surface area contributed by atoms with Gasteiger partial charge in [0.15, 0.2) is 5.82 Å². The fourth-order valence-corrected chi connectivity index (χ4v) is 5.05. The first-order chi connectivity index (χ1) is 15.0. The summed E-state index contributed by atoms with van der Waals surface area (Å²) in [4.78, 5) is 20.0. The topological polar surface area (TPSA) is 69.1 Å². The molecule has 6 nitrogen and oxygen atoms in total. The maximum atomic E-state index is 13.1. The van der Waals surface area contributed by atoms with Crippen molar-refractivity contribution in [3.05, 3.63) is 54.1 Å². The Labute approximate surface area is 182 Å². The van der Waals surface area contributed by atoms with Gasteiger partial charge in [-0.25, -0.2) is 4.98 Å². The highest BCUT2D eigenvalue weighted by atomic mass is 16.2. The maximum Gasteiger partial charge on any atom is 0.253 e. The summed E-state index contributed by atoms with van der Waals surface area (Å²) < 4.78 is 4.40. The van der Waals surface area contributed by atoms with Gasteiger partial charge in [-0.2, -0.15) is 0 Å². The van der Waals surface area contributed by atoms with E-state index in [0.717, 1.165) is 42.1 Å². The van der Waals surface area contributed by atoms with Crippen LogP contribution in [0.1, 0.15) is 30.6 Å². The van der Waals surface area contributed by atoms with Gasteiger partial charge in [-0.15, -0.1) is 0 Å². The number of imidazole rings is 1. The summed E-state index contributed by atoms with van der Waals surface area (Å²) in [5, 5.41) is 1.21. The molecule has 1 aliphatic rings. The van der Waals surface area contributed by atoms with Crippen molar-refractivity contribution in [3.63, 3.8) is 0 Å². The lowest BCUT2D eigenvalue weighted by Crippen LogP contribution is -2.48. The van der Waals surface area contributed by atoms with Gasteiger partial charge in [-0.3, -0.25) is 4.79 Å². The van der Waals surface area contributed by atoms with Crippen molar-refractivity contribution in [2.24, 2.45) is 18.7 Å². The van der Waals surface area contributed by atoms with Crippen LogP contribution < -0.4 is 5.73 Å². The van der Waals surface area contributed by atoms with E-state index in [1.807, 2.05) is 30.1 Å². The predicted molar refractivity (Wildman–Crippen MR) is 125 cm³/mol. The highest BCUT2D eigenvalue weighted by molar-refractivity contribution is 5.98. The van der Waals surface area contributed by atoms with Crippen molar-refractivity contribution in [1.29, 1.82) is 0 Å².